The number of hydrogen-bond donors (Lipinski definition) is 3. The van der Waals surface area contributed by atoms with Crippen molar-refractivity contribution in [2.45, 2.75) is 19.4 Å². The lowest BCUT2D eigenvalue weighted by Gasteiger charge is -2.19. The van der Waals surface area contributed by atoms with Crippen LogP contribution in [-0.4, -0.2) is 43.8 Å². The number of aromatic hydroxyl groups is 1. The smallest absolute Gasteiger partial charge is 0.255 e. The van der Waals surface area contributed by atoms with Gasteiger partial charge in [-0.3, -0.25) is 9.59 Å². The average Bonchev–Trinajstić information content (AvgIpc) is 2.72. The fourth-order valence-electron chi connectivity index (χ4n) is 2.60. The van der Waals surface area contributed by atoms with E-state index in [1.165, 1.54) is 12.1 Å². The molecule has 0 radical (unpaired) electrons. The Hall–Kier alpha value is -3.06. The zero-order valence-corrected chi connectivity index (χ0v) is 16.1. The lowest BCUT2D eigenvalue weighted by molar-refractivity contribution is -0.123. The Bertz CT molecular complexity index is 777. The van der Waals surface area contributed by atoms with Gasteiger partial charge in [0.05, 0.1) is 12.7 Å². The van der Waals surface area contributed by atoms with Crippen molar-refractivity contribution in [1.29, 1.82) is 0 Å². The van der Waals surface area contributed by atoms with Crippen LogP contribution in [0, 0.1) is 0 Å². The Morgan fingerprint density at radius 2 is 1.82 bits per heavy atom. The van der Waals surface area contributed by atoms with Crippen LogP contribution in [0.3, 0.4) is 0 Å². The van der Waals surface area contributed by atoms with Gasteiger partial charge in [0, 0.05) is 19.8 Å². The van der Waals surface area contributed by atoms with Crippen LogP contribution in [0.1, 0.15) is 35.3 Å². The summed E-state index contributed by atoms with van der Waals surface area (Å²) >= 11 is 0. The normalized spacial score (nSPS) is 11.5. The van der Waals surface area contributed by atoms with Gasteiger partial charge in [0.15, 0.2) is 0 Å². The lowest BCUT2D eigenvalue weighted by Crippen LogP contribution is -2.41. The van der Waals surface area contributed by atoms with E-state index in [1.807, 2.05) is 6.92 Å². The van der Waals surface area contributed by atoms with E-state index in [4.69, 9.17) is 9.47 Å². The number of methoxy groups -OCH3 is 1. The predicted octanol–water partition coefficient (Wildman–Crippen LogP) is 2.41. The molecular weight excluding hydrogens is 360 g/mol. The number of nitrogens with one attached hydrogen (secondary N) is 2. The van der Waals surface area contributed by atoms with Crippen molar-refractivity contribution in [3.05, 3.63) is 59.7 Å². The number of amides is 2. The average molecular weight is 386 g/mol. The van der Waals surface area contributed by atoms with Crippen LogP contribution in [-0.2, 0) is 9.53 Å². The van der Waals surface area contributed by atoms with Crippen molar-refractivity contribution >= 4 is 11.8 Å². The zero-order valence-electron chi connectivity index (χ0n) is 16.1. The van der Waals surface area contributed by atoms with Crippen molar-refractivity contribution in [1.82, 2.24) is 10.6 Å². The molecule has 0 saturated heterocycles. The van der Waals surface area contributed by atoms with Gasteiger partial charge in [-0.2, -0.15) is 0 Å². The van der Waals surface area contributed by atoms with Crippen molar-refractivity contribution < 1.29 is 24.2 Å². The molecule has 7 heteroatoms. The number of hydrogen-bond acceptors (Lipinski definition) is 5. The molecule has 0 heterocycles. The first kappa shape index (κ1) is 21.2. The first-order valence-electron chi connectivity index (χ1n) is 9.15. The number of benzene rings is 2. The fraction of sp³-hybridized carbons (Fsp3) is 0.333. The van der Waals surface area contributed by atoms with Crippen LogP contribution in [0.2, 0.25) is 0 Å². The highest BCUT2D eigenvalue weighted by Crippen LogP contribution is 2.21. The molecule has 2 aromatic rings. The van der Waals surface area contributed by atoms with Crippen LogP contribution in [0.15, 0.2) is 48.5 Å². The molecule has 1 unspecified atom stereocenters. The maximum Gasteiger partial charge on any atom is 0.255 e. The number of phenols is 1. The van der Waals surface area contributed by atoms with E-state index in [9.17, 15) is 14.7 Å². The summed E-state index contributed by atoms with van der Waals surface area (Å²) in [5, 5.41) is 15.4. The summed E-state index contributed by atoms with van der Waals surface area (Å²) in [4.78, 5) is 25.3. The van der Waals surface area contributed by atoms with E-state index >= 15 is 0 Å². The van der Waals surface area contributed by atoms with Crippen molar-refractivity contribution in [2.75, 3.05) is 26.9 Å². The van der Waals surface area contributed by atoms with Crippen LogP contribution in [0.5, 0.6) is 11.5 Å². The van der Waals surface area contributed by atoms with E-state index in [-0.39, 0.29) is 17.2 Å². The third-order valence-corrected chi connectivity index (χ3v) is 4.10. The van der Waals surface area contributed by atoms with Gasteiger partial charge in [-0.1, -0.05) is 24.3 Å². The van der Waals surface area contributed by atoms with Gasteiger partial charge >= 0.3 is 0 Å². The Kier molecular flexibility index (Phi) is 8.30. The SMILES string of the molecule is CCOCCCNC(=O)C(NC(=O)c1ccccc1O)c1ccc(OC)cc1. The molecular formula is C21H26N2O5. The summed E-state index contributed by atoms with van der Waals surface area (Å²) in [5.41, 5.74) is 0.706. The highest BCUT2D eigenvalue weighted by Gasteiger charge is 2.24. The Labute approximate surface area is 164 Å². The van der Waals surface area contributed by atoms with Crippen molar-refractivity contribution in [3.63, 3.8) is 0 Å². The van der Waals surface area contributed by atoms with E-state index in [0.717, 1.165) is 0 Å². The molecule has 2 amide bonds. The van der Waals surface area contributed by atoms with E-state index in [2.05, 4.69) is 10.6 Å². The molecule has 0 fully saturated rings. The second-order valence-corrected chi connectivity index (χ2v) is 6.04. The summed E-state index contributed by atoms with van der Waals surface area (Å²) in [6.07, 6.45) is 0.669. The quantitative estimate of drug-likeness (QED) is 0.545. The second-order valence-electron chi connectivity index (χ2n) is 6.04. The Morgan fingerprint density at radius 1 is 1.11 bits per heavy atom. The number of ether oxygens (including phenoxy) is 2. The van der Waals surface area contributed by atoms with Crippen LogP contribution in [0.25, 0.3) is 0 Å². The van der Waals surface area contributed by atoms with Gasteiger partial charge in [0.1, 0.15) is 17.5 Å². The van der Waals surface area contributed by atoms with Gasteiger partial charge in [0.25, 0.3) is 5.91 Å². The highest BCUT2D eigenvalue weighted by atomic mass is 16.5. The third-order valence-electron chi connectivity index (χ3n) is 4.10. The molecule has 0 aliphatic heterocycles. The molecule has 0 bridgehead atoms. The summed E-state index contributed by atoms with van der Waals surface area (Å²) in [6, 6.07) is 12.1. The maximum absolute atomic E-state index is 12.7. The minimum atomic E-state index is -0.912. The van der Waals surface area contributed by atoms with Crippen LogP contribution in [0.4, 0.5) is 0 Å². The summed E-state index contributed by atoms with van der Waals surface area (Å²) in [6.45, 7) is 3.51. The third kappa shape index (κ3) is 5.99. The van der Waals surface area contributed by atoms with Gasteiger partial charge in [0.2, 0.25) is 5.91 Å². The minimum absolute atomic E-state index is 0.102. The van der Waals surface area contributed by atoms with Gasteiger partial charge in [-0.15, -0.1) is 0 Å². The fourth-order valence-corrected chi connectivity index (χ4v) is 2.60. The number of carbonyl (C=O) groups excluding carboxylic acids is 2. The topological polar surface area (TPSA) is 96.9 Å². The number of para-hydroxylation sites is 1. The molecule has 0 aliphatic carbocycles. The van der Waals surface area contributed by atoms with Crippen molar-refractivity contribution in [3.8, 4) is 11.5 Å². The monoisotopic (exact) mass is 386 g/mol. The molecule has 0 aliphatic rings. The van der Waals surface area contributed by atoms with Crippen molar-refractivity contribution in [2.24, 2.45) is 0 Å². The first-order chi connectivity index (χ1) is 13.6. The molecule has 0 saturated carbocycles. The summed E-state index contributed by atoms with van der Waals surface area (Å²) in [7, 11) is 1.55. The van der Waals surface area contributed by atoms with Crippen LogP contribution >= 0.6 is 0 Å². The largest absolute Gasteiger partial charge is 0.507 e. The zero-order chi connectivity index (χ0) is 20.4. The van der Waals surface area contributed by atoms with E-state index in [0.29, 0.717) is 37.5 Å². The van der Waals surface area contributed by atoms with Gasteiger partial charge < -0.3 is 25.2 Å². The Morgan fingerprint density at radius 3 is 2.46 bits per heavy atom. The second kappa shape index (κ2) is 10.9. The lowest BCUT2D eigenvalue weighted by atomic mass is 10.0. The van der Waals surface area contributed by atoms with Gasteiger partial charge in [-0.05, 0) is 43.2 Å². The van der Waals surface area contributed by atoms with Gasteiger partial charge in [-0.25, -0.2) is 0 Å². The Balaban J connectivity index is 2.14. The predicted molar refractivity (Wildman–Crippen MR) is 105 cm³/mol. The molecule has 28 heavy (non-hydrogen) atoms. The van der Waals surface area contributed by atoms with Crippen LogP contribution < -0.4 is 15.4 Å². The molecule has 3 N–H and O–H groups in total. The molecule has 2 aromatic carbocycles. The highest BCUT2D eigenvalue weighted by molar-refractivity contribution is 5.99. The summed E-state index contributed by atoms with van der Waals surface area (Å²) in [5.74, 6) is -0.383. The number of phenolic OH excluding ortho intramolecular Hbond substituents is 1. The maximum atomic E-state index is 12.7. The molecule has 150 valence electrons. The molecule has 0 spiro atoms. The molecule has 7 nitrogen and oxygen atoms in total. The molecule has 2 rings (SSSR count). The van der Waals surface area contributed by atoms with E-state index < -0.39 is 11.9 Å². The number of carbonyl (C=O) groups is 2. The minimum Gasteiger partial charge on any atom is -0.507 e. The first-order valence-corrected chi connectivity index (χ1v) is 9.15. The molecule has 0 aromatic heterocycles. The number of rotatable bonds is 10. The summed E-state index contributed by atoms with van der Waals surface area (Å²) < 4.78 is 10.4. The standard InChI is InChI=1S/C21H26N2O5/c1-3-28-14-6-13-22-21(26)19(15-9-11-16(27-2)12-10-15)23-20(25)17-7-4-5-8-18(17)24/h4-5,7-12,19,24H,3,6,13-14H2,1-2H3,(H,22,26)(H,23,25). The van der Waals surface area contributed by atoms with E-state index in [1.54, 1.807) is 43.5 Å². The molecule has 1 atom stereocenters.